The van der Waals surface area contributed by atoms with E-state index in [-0.39, 0.29) is 37.8 Å². The minimum Gasteiger partial charge on any atom is -0.468 e. The summed E-state index contributed by atoms with van der Waals surface area (Å²) in [6.07, 6.45) is 3.26. The number of likely N-dealkylation sites (tertiary alicyclic amines) is 1. The van der Waals surface area contributed by atoms with Crippen LogP contribution in [0.15, 0.2) is 51.9 Å². The summed E-state index contributed by atoms with van der Waals surface area (Å²) >= 11 is 12.3. The van der Waals surface area contributed by atoms with Crippen molar-refractivity contribution in [3.05, 3.63) is 74.2 Å². The van der Waals surface area contributed by atoms with Crippen molar-refractivity contribution < 1.29 is 36.3 Å². The first-order chi connectivity index (χ1) is 17.9. The quantitative estimate of drug-likeness (QED) is 0.361. The van der Waals surface area contributed by atoms with E-state index in [1.165, 1.54) is 24.2 Å². The molecule has 0 radical (unpaired) electrons. The normalized spacial score (nSPS) is 19.7. The molecule has 2 amide bonds. The molecule has 0 saturated carbocycles. The molecule has 8 nitrogen and oxygen atoms in total. The zero-order chi connectivity index (χ0) is 27.8. The number of ether oxygens (including phenoxy) is 1. The molecule has 1 fully saturated rings. The number of esters is 1. The Balaban J connectivity index is 1.68. The van der Waals surface area contributed by atoms with Gasteiger partial charge in [0, 0.05) is 18.2 Å². The molecule has 1 atom stereocenters. The van der Waals surface area contributed by atoms with Crippen LogP contribution in [0, 0.1) is 17.0 Å². The van der Waals surface area contributed by atoms with Gasteiger partial charge in [0.25, 0.3) is 15.9 Å². The van der Waals surface area contributed by atoms with Crippen molar-refractivity contribution in [1.82, 2.24) is 9.62 Å². The van der Waals surface area contributed by atoms with Gasteiger partial charge in [-0.15, -0.1) is 11.3 Å². The van der Waals surface area contributed by atoms with Crippen LogP contribution < -0.4 is 4.72 Å². The van der Waals surface area contributed by atoms with Crippen LogP contribution in [0.25, 0.3) is 0 Å². The number of allylic oxidation sites excluding steroid dienone is 2. The van der Waals surface area contributed by atoms with Crippen molar-refractivity contribution >= 4 is 62.3 Å². The lowest BCUT2D eigenvalue weighted by Gasteiger charge is -2.34. The Bertz CT molecular complexity index is 1490. The summed E-state index contributed by atoms with van der Waals surface area (Å²) in [5.74, 6) is -4.18. The molecule has 4 rings (SSSR count). The van der Waals surface area contributed by atoms with Crippen molar-refractivity contribution in [3.8, 4) is 0 Å². The molecule has 1 unspecified atom stereocenters. The van der Waals surface area contributed by atoms with Crippen LogP contribution in [0.3, 0.4) is 0 Å². The molecule has 1 saturated heterocycles. The highest BCUT2D eigenvalue weighted by molar-refractivity contribution is 7.92. The standard InChI is InChI=1S/C24H20Cl2F2N2O6S2/c1-36-23(33)24-8-2-3-14(5-7-18(31)29-38(34,35)20-10-15(25)22(26)37-20)21(24)30(19(32)11-24)12-13-4-6-16(27)17(28)9-13/h4-7,9-10H,2-3,8,11-12H2,1H3,(H,29,31)/b7-5+. The van der Waals surface area contributed by atoms with Gasteiger partial charge in [-0.3, -0.25) is 14.4 Å². The SMILES string of the molecule is COC(=O)C12CCCC(/C=C/C(=O)NS(=O)(=O)c3cc(Cl)c(Cl)s3)=C1N(Cc1ccc(F)c(F)c1)C(=O)C2. The number of fused-ring (bicyclic) bond motifs is 1. The molecule has 2 aliphatic rings. The van der Waals surface area contributed by atoms with E-state index in [9.17, 15) is 31.6 Å². The number of nitrogens with one attached hydrogen (secondary N) is 1. The number of methoxy groups -OCH3 is 1. The molecule has 1 aliphatic heterocycles. The van der Waals surface area contributed by atoms with Crippen LogP contribution in [0.5, 0.6) is 0 Å². The zero-order valence-electron chi connectivity index (χ0n) is 19.7. The van der Waals surface area contributed by atoms with Gasteiger partial charge in [-0.1, -0.05) is 35.3 Å². The van der Waals surface area contributed by atoms with E-state index < -0.39 is 44.9 Å². The molecule has 14 heteroatoms. The number of carbonyl (C=O) groups excluding carboxylic acids is 3. The predicted molar refractivity (Wildman–Crippen MR) is 136 cm³/mol. The fourth-order valence-electron chi connectivity index (χ4n) is 4.68. The molecule has 0 spiro atoms. The van der Waals surface area contributed by atoms with E-state index in [1.54, 1.807) is 0 Å². The van der Waals surface area contributed by atoms with Gasteiger partial charge in [-0.05, 0) is 48.6 Å². The third-order valence-electron chi connectivity index (χ3n) is 6.29. The summed E-state index contributed by atoms with van der Waals surface area (Å²) in [5, 5.41) is 0.0281. The summed E-state index contributed by atoms with van der Waals surface area (Å²) in [7, 11) is -3.05. The Morgan fingerprint density at radius 1 is 1.24 bits per heavy atom. The smallest absolute Gasteiger partial charge is 0.318 e. The van der Waals surface area contributed by atoms with E-state index in [4.69, 9.17) is 27.9 Å². The summed E-state index contributed by atoms with van der Waals surface area (Å²) in [5.41, 5.74) is -0.314. The second kappa shape index (κ2) is 10.8. The summed E-state index contributed by atoms with van der Waals surface area (Å²) < 4.78 is 59.0. The van der Waals surface area contributed by atoms with Crippen LogP contribution >= 0.6 is 34.5 Å². The third-order valence-corrected chi connectivity index (χ3v) is 9.98. The summed E-state index contributed by atoms with van der Waals surface area (Å²) in [4.78, 5) is 39.8. The van der Waals surface area contributed by atoms with Gasteiger partial charge >= 0.3 is 5.97 Å². The van der Waals surface area contributed by atoms with Crippen molar-refractivity contribution in [1.29, 1.82) is 0 Å². The molecule has 1 N–H and O–H groups in total. The van der Waals surface area contributed by atoms with Crippen LogP contribution in [0.2, 0.25) is 9.36 Å². The summed E-state index contributed by atoms with van der Waals surface area (Å²) in [6, 6.07) is 4.34. The Kier molecular flexibility index (Phi) is 7.99. The lowest BCUT2D eigenvalue weighted by atomic mass is 9.73. The number of hydrogen-bond donors (Lipinski definition) is 1. The minimum absolute atomic E-state index is 0.0281. The number of thiophene rings is 1. The number of benzene rings is 1. The first-order valence-electron chi connectivity index (χ1n) is 11.1. The second-order valence-electron chi connectivity index (χ2n) is 8.70. The van der Waals surface area contributed by atoms with Crippen LogP contribution in [-0.4, -0.2) is 38.2 Å². The fourth-order valence-corrected chi connectivity index (χ4v) is 7.50. The molecule has 1 aromatic heterocycles. The van der Waals surface area contributed by atoms with Gasteiger partial charge < -0.3 is 9.64 Å². The number of sulfonamides is 1. The molecule has 2 aromatic rings. The molecule has 38 heavy (non-hydrogen) atoms. The first-order valence-corrected chi connectivity index (χ1v) is 14.2. The van der Waals surface area contributed by atoms with Gasteiger partial charge in [0.2, 0.25) is 5.91 Å². The van der Waals surface area contributed by atoms with Crippen molar-refractivity contribution in [3.63, 3.8) is 0 Å². The van der Waals surface area contributed by atoms with Crippen molar-refractivity contribution in [2.24, 2.45) is 5.41 Å². The number of amides is 2. The average Bonchev–Trinajstić information content (AvgIpc) is 3.36. The maximum absolute atomic E-state index is 13.8. The van der Waals surface area contributed by atoms with E-state index in [1.807, 2.05) is 4.72 Å². The summed E-state index contributed by atoms with van der Waals surface area (Å²) in [6.45, 7) is -0.151. The Morgan fingerprint density at radius 3 is 2.61 bits per heavy atom. The lowest BCUT2D eigenvalue weighted by molar-refractivity contribution is -0.151. The highest BCUT2D eigenvalue weighted by Gasteiger charge is 2.55. The minimum atomic E-state index is -4.25. The molecular weight excluding hydrogens is 585 g/mol. The highest BCUT2D eigenvalue weighted by Crippen LogP contribution is 2.52. The number of rotatable bonds is 7. The molecule has 1 aliphatic carbocycles. The van der Waals surface area contributed by atoms with E-state index in [0.29, 0.717) is 36.2 Å². The average molecular weight is 605 g/mol. The maximum atomic E-state index is 13.8. The number of halogens is 4. The van der Waals surface area contributed by atoms with Crippen LogP contribution in [0.4, 0.5) is 8.78 Å². The van der Waals surface area contributed by atoms with Crippen molar-refractivity contribution in [2.45, 2.75) is 36.4 Å². The van der Waals surface area contributed by atoms with Crippen LogP contribution in [0.1, 0.15) is 31.2 Å². The van der Waals surface area contributed by atoms with Gasteiger partial charge in [-0.25, -0.2) is 21.9 Å². The predicted octanol–water partition coefficient (Wildman–Crippen LogP) is 4.72. The molecule has 202 valence electrons. The first kappa shape index (κ1) is 28.2. The fraction of sp³-hybridized carbons (Fsp3) is 0.292. The highest BCUT2D eigenvalue weighted by atomic mass is 35.5. The van der Waals surface area contributed by atoms with Crippen LogP contribution in [-0.2, 0) is 35.7 Å². The molecule has 1 aromatic carbocycles. The van der Waals surface area contributed by atoms with Gasteiger partial charge in [0.15, 0.2) is 11.6 Å². The van der Waals surface area contributed by atoms with E-state index >= 15 is 0 Å². The topological polar surface area (TPSA) is 110 Å². The van der Waals surface area contributed by atoms with Gasteiger partial charge in [0.1, 0.15) is 14.0 Å². The number of carbonyl (C=O) groups is 3. The zero-order valence-corrected chi connectivity index (χ0v) is 22.9. The lowest BCUT2D eigenvalue weighted by Crippen LogP contribution is -2.37. The number of hydrogen-bond acceptors (Lipinski definition) is 7. The third kappa shape index (κ3) is 5.35. The monoisotopic (exact) mass is 604 g/mol. The molecule has 0 bridgehead atoms. The second-order valence-corrected chi connectivity index (χ2v) is 12.7. The Hall–Kier alpha value is -2.80. The largest absolute Gasteiger partial charge is 0.468 e. The van der Waals surface area contributed by atoms with Crippen molar-refractivity contribution in [2.75, 3.05) is 7.11 Å². The Morgan fingerprint density at radius 2 is 1.97 bits per heavy atom. The Labute approximate surface area is 230 Å². The van der Waals surface area contributed by atoms with Gasteiger partial charge in [-0.2, -0.15) is 0 Å². The molecule has 2 heterocycles. The van der Waals surface area contributed by atoms with Gasteiger partial charge in [0.05, 0.1) is 18.7 Å². The van der Waals surface area contributed by atoms with E-state index in [2.05, 4.69) is 0 Å². The number of nitrogens with zero attached hydrogens (tertiary/aromatic N) is 1. The molecular formula is C24H20Cl2F2N2O6S2. The van der Waals surface area contributed by atoms with E-state index in [0.717, 1.165) is 24.3 Å². The maximum Gasteiger partial charge on any atom is 0.318 e.